The van der Waals surface area contributed by atoms with Crippen LogP contribution in [0.5, 0.6) is 0 Å². The molecular formula is C12H19NO2. The van der Waals surface area contributed by atoms with E-state index >= 15 is 0 Å². The molecule has 0 aromatic carbocycles. The second kappa shape index (κ2) is 4.79. The molecule has 0 unspecified atom stereocenters. The third-order valence-electron chi connectivity index (χ3n) is 3.17. The maximum atomic E-state index is 8.75. The molecule has 15 heavy (non-hydrogen) atoms. The lowest BCUT2D eigenvalue weighted by Crippen LogP contribution is -1.96. The highest BCUT2D eigenvalue weighted by Crippen LogP contribution is 2.35. The minimum Gasteiger partial charge on any atom is -0.446 e. The van der Waals surface area contributed by atoms with E-state index in [4.69, 9.17) is 9.52 Å². The maximum absolute atomic E-state index is 8.75. The SMILES string of the molecule is Cc1oc(CCCO)nc1C1CCCC1. The van der Waals surface area contributed by atoms with Gasteiger partial charge in [-0.05, 0) is 26.2 Å². The van der Waals surface area contributed by atoms with Crippen molar-refractivity contribution in [2.24, 2.45) is 0 Å². The van der Waals surface area contributed by atoms with Gasteiger partial charge < -0.3 is 9.52 Å². The van der Waals surface area contributed by atoms with Gasteiger partial charge in [-0.3, -0.25) is 0 Å². The first-order valence-corrected chi connectivity index (χ1v) is 5.88. The van der Waals surface area contributed by atoms with Gasteiger partial charge in [0, 0.05) is 18.9 Å². The summed E-state index contributed by atoms with van der Waals surface area (Å²) in [7, 11) is 0. The van der Waals surface area contributed by atoms with Crippen LogP contribution in [-0.4, -0.2) is 16.7 Å². The Hall–Kier alpha value is -0.830. The molecule has 0 spiro atoms. The van der Waals surface area contributed by atoms with Crippen LogP contribution in [0.15, 0.2) is 4.42 Å². The number of aromatic nitrogens is 1. The van der Waals surface area contributed by atoms with Crippen LogP contribution in [0.1, 0.15) is 55.4 Å². The molecule has 0 atom stereocenters. The van der Waals surface area contributed by atoms with Crippen LogP contribution in [0.2, 0.25) is 0 Å². The second-order valence-corrected chi connectivity index (χ2v) is 4.36. The quantitative estimate of drug-likeness (QED) is 0.829. The van der Waals surface area contributed by atoms with Crippen LogP contribution in [0.3, 0.4) is 0 Å². The zero-order valence-electron chi connectivity index (χ0n) is 9.33. The molecule has 3 heteroatoms. The van der Waals surface area contributed by atoms with Gasteiger partial charge in [-0.1, -0.05) is 12.8 Å². The van der Waals surface area contributed by atoms with E-state index in [1.165, 1.54) is 31.4 Å². The second-order valence-electron chi connectivity index (χ2n) is 4.36. The number of nitrogens with zero attached hydrogens (tertiary/aromatic N) is 1. The van der Waals surface area contributed by atoms with Crippen LogP contribution < -0.4 is 0 Å². The number of aliphatic hydroxyl groups is 1. The first-order valence-electron chi connectivity index (χ1n) is 5.88. The van der Waals surface area contributed by atoms with Gasteiger partial charge in [-0.15, -0.1) is 0 Å². The van der Waals surface area contributed by atoms with E-state index in [-0.39, 0.29) is 6.61 Å². The summed E-state index contributed by atoms with van der Waals surface area (Å²) in [4.78, 5) is 4.55. The van der Waals surface area contributed by atoms with Crippen molar-refractivity contribution in [3.8, 4) is 0 Å². The standard InChI is InChI=1S/C12H19NO2/c1-9-12(10-5-2-3-6-10)13-11(15-9)7-4-8-14/h10,14H,2-8H2,1H3. The van der Waals surface area contributed by atoms with Gasteiger partial charge in [-0.25, -0.2) is 4.98 Å². The smallest absolute Gasteiger partial charge is 0.194 e. The summed E-state index contributed by atoms with van der Waals surface area (Å²) in [5, 5.41) is 8.75. The van der Waals surface area contributed by atoms with Crippen molar-refractivity contribution in [2.75, 3.05) is 6.61 Å². The number of hydrogen-bond donors (Lipinski definition) is 1. The number of hydrogen-bond acceptors (Lipinski definition) is 3. The molecular weight excluding hydrogens is 190 g/mol. The number of aryl methyl sites for hydroxylation is 2. The third-order valence-corrected chi connectivity index (χ3v) is 3.17. The fraction of sp³-hybridized carbons (Fsp3) is 0.750. The van der Waals surface area contributed by atoms with E-state index in [0.717, 1.165) is 24.5 Å². The summed E-state index contributed by atoms with van der Waals surface area (Å²) in [6.45, 7) is 2.21. The Morgan fingerprint density at radius 2 is 2.13 bits per heavy atom. The van der Waals surface area contributed by atoms with Crippen molar-refractivity contribution in [3.63, 3.8) is 0 Å². The lowest BCUT2D eigenvalue weighted by Gasteiger charge is -2.03. The molecule has 0 saturated heterocycles. The van der Waals surface area contributed by atoms with Gasteiger partial charge in [0.1, 0.15) is 5.76 Å². The molecule has 1 aliphatic rings. The predicted octanol–water partition coefficient (Wildman–Crippen LogP) is 2.57. The van der Waals surface area contributed by atoms with E-state index in [1.807, 2.05) is 6.92 Å². The molecule has 1 aromatic heterocycles. The molecule has 1 aliphatic carbocycles. The summed E-state index contributed by atoms with van der Waals surface area (Å²) in [5.74, 6) is 2.40. The van der Waals surface area contributed by atoms with Gasteiger partial charge in [0.25, 0.3) is 0 Å². The lowest BCUT2D eigenvalue weighted by molar-refractivity contribution is 0.282. The van der Waals surface area contributed by atoms with E-state index < -0.39 is 0 Å². The molecule has 1 aromatic rings. The van der Waals surface area contributed by atoms with Gasteiger partial charge in [0.15, 0.2) is 5.89 Å². The fourth-order valence-electron chi connectivity index (χ4n) is 2.38. The highest BCUT2D eigenvalue weighted by molar-refractivity contribution is 5.15. The average molecular weight is 209 g/mol. The van der Waals surface area contributed by atoms with Crippen LogP contribution in [0.4, 0.5) is 0 Å². The highest BCUT2D eigenvalue weighted by Gasteiger charge is 2.23. The van der Waals surface area contributed by atoms with Crippen molar-refractivity contribution >= 4 is 0 Å². The van der Waals surface area contributed by atoms with Crippen LogP contribution in [0, 0.1) is 6.92 Å². The van der Waals surface area contributed by atoms with Crippen LogP contribution in [0.25, 0.3) is 0 Å². The summed E-state index contributed by atoms with van der Waals surface area (Å²) >= 11 is 0. The molecule has 1 heterocycles. The largest absolute Gasteiger partial charge is 0.446 e. The lowest BCUT2D eigenvalue weighted by atomic mass is 10.0. The van der Waals surface area contributed by atoms with Gasteiger partial charge in [0.2, 0.25) is 0 Å². The Kier molecular flexibility index (Phi) is 3.41. The molecule has 3 nitrogen and oxygen atoms in total. The average Bonchev–Trinajstić information content (AvgIpc) is 2.83. The molecule has 0 bridgehead atoms. The topological polar surface area (TPSA) is 46.3 Å². The van der Waals surface area contributed by atoms with Crippen molar-refractivity contribution in [1.82, 2.24) is 4.98 Å². The summed E-state index contributed by atoms with van der Waals surface area (Å²) in [6.07, 6.45) is 6.65. The van der Waals surface area contributed by atoms with Crippen LogP contribution in [-0.2, 0) is 6.42 Å². The predicted molar refractivity (Wildman–Crippen MR) is 57.9 cm³/mol. The molecule has 1 N–H and O–H groups in total. The van der Waals surface area contributed by atoms with Crippen molar-refractivity contribution in [2.45, 2.75) is 51.4 Å². The van der Waals surface area contributed by atoms with Gasteiger partial charge in [0.05, 0.1) is 5.69 Å². The van der Waals surface area contributed by atoms with E-state index in [1.54, 1.807) is 0 Å². The molecule has 1 saturated carbocycles. The summed E-state index contributed by atoms with van der Waals surface area (Å²) in [6, 6.07) is 0. The van der Waals surface area contributed by atoms with Crippen molar-refractivity contribution < 1.29 is 9.52 Å². The molecule has 2 rings (SSSR count). The number of rotatable bonds is 4. The van der Waals surface area contributed by atoms with E-state index in [0.29, 0.717) is 5.92 Å². The Morgan fingerprint density at radius 3 is 2.80 bits per heavy atom. The highest BCUT2D eigenvalue weighted by atomic mass is 16.4. The maximum Gasteiger partial charge on any atom is 0.194 e. The molecule has 1 fully saturated rings. The third kappa shape index (κ3) is 2.40. The Balaban J connectivity index is 2.06. The first kappa shape index (κ1) is 10.7. The van der Waals surface area contributed by atoms with Crippen LogP contribution >= 0.6 is 0 Å². The minimum atomic E-state index is 0.209. The monoisotopic (exact) mass is 209 g/mol. The van der Waals surface area contributed by atoms with Crippen molar-refractivity contribution in [1.29, 1.82) is 0 Å². The number of oxazole rings is 1. The van der Waals surface area contributed by atoms with Gasteiger partial charge >= 0.3 is 0 Å². The fourth-order valence-corrected chi connectivity index (χ4v) is 2.38. The Bertz CT molecular complexity index is 313. The van der Waals surface area contributed by atoms with E-state index in [2.05, 4.69) is 4.98 Å². The summed E-state index contributed by atoms with van der Waals surface area (Å²) in [5.41, 5.74) is 1.17. The first-order chi connectivity index (χ1) is 7.31. The van der Waals surface area contributed by atoms with Crippen molar-refractivity contribution in [3.05, 3.63) is 17.3 Å². The zero-order chi connectivity index (χ0) is 10.7. The van der Waals surface area contributed by atoms with E-state index in [9.17, 15) is 0 Å². The normalized spacial score (nSPS) is 17.5. The molecule has 0 radical (unpaired) electrons. The number of aliphatic hydroxyl groups excluding tert-OH is 1. The Morgan fingerprint density at radius 1 is 1.40 bits per heavy atom. The Labute approximate surface area is 90.5 Å². The minimum absolute atomic E-state index is 0.209. The molecule has 0 aliphatic heterocycles. The molecule has 0 amide bonds. The van der Waals surface area contributed by atoms with Gasteiger partial charge in [-0.2, -0.15) is 0 Å². The zero-order valence-corrected chi connectivity index (χ0v) is 9.33. The summed E-state index contributed by atoms with van der Waals surface area (Å²) < 4.78 is 5.61. The molecule has 84 valence electrons.